The molecule has 0 aliphatic rings. The molecule has 0 spiro atoms. The van der Waals surface area contributed by atoms with Gasteiger partial charge in [0, 0.05) is 6.07 Å². The summed E-state index contributed by atoms with van der Waals surface area (Å²) in [5.41, 5.74) is -3.00. The van der Waals surface area contributed by atoms with Crippen LogP contribution in [0, 0.1) is 3.70 Å². The molecule has 0 unspecified atom stereocenters. The first kappa shape index (κ1) is 15.2. The molecule has 0 saturated heterocycles. The fourth-order valence-corrected chi connectivity index (χ4v) is 1.62. The summed E-state index contributed by atoms with van der Waals surface area (Å²) in [4.78, 5) is 2.98. The lowest BCUT2D eigenvalue weighted by Gasteiger charge is -2.16. The monoisotopic (exact) mass is 389 g/mol. The molecule has 102 valence electrons. The number of hydrogen-bond acceptors (Lipinski definition) is 2. The maximum atomic E-state index is 12.5. The largest absolute Gasteiger partial charge is 0.573 e. The molecule has 0 aliphatic carbocycles. The molecule has 0 saturated carbocycles. The molecule has 1 aromatic heterocycles. The number of halogens is 8. The Morgan fingerprint density at radius 1 is 1.17 bits per heavy atom. The average Bonchev–Trinajstić information content (AvgIpc) is 2.12. The molecule has 0 N–H and O–H groups in total. The van der Waals surface area contributed by atoms with Crippen molar-refractivity contribution in [3.63, 3.8) is 0 Å². The lowest BCUT2D eigenvalue weighted by Crippen LogP contribution is -2.21. The van der Waals surface area contributed by atoms with E-state index in [1.807, 2.05) is 0 Å². The van der Waals surface area contributed by atoms with E-state index in [2.05, 4.69) is 9.72 Å². The second-order valence-electron chi connectivity index (χ2n) is 2.95. The van der Waals surface area contributed by atoms with Crippen LogP contribution in [0.2, 0.25) is 0 Å². The minimum atomic E-state index is -5.21. The number of pyridine rings is 1. The molecule has 0 atom stereocenters. The van der Waals surface area contributed by atoms with E-state index in [1.165, 1.54) is 22.6 Å². The van der Waals surface area contributed by atoms with Gasteiger partial charge >= 0.3 is 12.5 Å². The van der Waals surface area contributed by atoms with Crippen LogP contribution in [0.25, 0.3) is 0 Å². The highest BCUT2D eigenvalue weighted by Gasteiger charge is 2.39. The molecule has 0 aromatic carbocycles. The van der Waals surface area contributed by atoms with Gasteiger partial charge in [-0.15, -0.1) is 13.2 Å². The van der Waals surface area contributed by atoms with E-state index in [0.717, 1.165) is 0 Å². The van der Waals surface area contributed by atoms with Crippen LogP contribution in [0.5, 0.6) is 5.75 Å². The molecular formula is C8H3F7INO. The summed E-state index contributed by atoms with van der Waals surface area (Å²) in [7, 11) is 0. The van der Waals surface area contributed by atoms with Crippen LogP contribution in [0.3, 0.4) is 0 Å². The molecule has 0 aliphatic heterocycles. The molecule has 0 fully saturated rings. The second-order valence-corrected chi connectivity index (χ2v) is 4.05. The number of ether oxygens (including phenoxy) is 1. The fourth-order valence-electron chi connectivity index (χ4n) is 1.10. The van der Waals surface area contributed by atoms with Gasteiger partial charge in [-0.2, -0.15) is 13.2 Å². The highest BCUT2D eigenvalue weighted by atomic mass is 127. The predicted molar refractivity (Wildman–Crippen MR) is 53.5 cm³/mol. The quantitative estimate of drug-likeness (QED) is 0.432. The van der Waals surface area contributed by atoms with E-state index in [4.69, 9.17) is 0 Å². The maximum Gasteiger partial charge on any atom is 0.573 e. The van der Waals surface area contributed by atoms with Crippen molar-refractivity contribution in [3.05, 3.63) is 21.0 Å². The molecule has 2 nitrogen and oxygen atoms in total. The third-order valence-corrected chi connectivity index (χ3v) is 2.23. The van der Waals surface area contributed by atoms with E-state index in [0.29, 0.717) is 6.07 Å². The highest BCUT2D eigenvalue weighted by Crippen LogP contribution is 2.37. The van der Waals surface area contributed by atoms with E-state index in [9.17, 15) is 30.7 Å². The van der Waals surface area contributed by atoms with Crippen LogP contribution in [0.1, 0.15) is 11.3 Å². The van der Waals surface area contributed by atoms with Gasteiger partial charge < -0.3 is 4.74 Å². The van der Waals surface area contributed by atoms with Gasteiger partial charge in [-0.1, -0.05) is 0 Å². The number of aromatic nitrogens is 1. The van der Waals surface area contributed by atoms with Crippen molar-refractivity contribution in [2.24, 2.45) is 0 Å². The van der Waals surface area contributed by atoms with Crippen molar-refractivity contribution in [2.75, 3.05) is 0 Å². The Morgan fingerprint density at radius 2 is 1.72 bits per heavy atom. The topological polar surface area (TPSA) is 22.1 Å². The Balaban J connectivity index is 3.39. The standard InChI is InChI=1S/C8H3F7INO/c9-2-3-4(18-8(13,14)15)1-5(16)17-6(3)7(10,11)12/h1H,2H2. The molecule has 1 rings (SSSR count). The predicted octanol–water partition coefficient (Wildman–Crippen LogP) is 4.07. The molecule has 0 radical (unpaired) electrons. The van der Waals surface area contributed by atoms with Gasteiger partial charge in [0.2, 0.25) is 0 Å². The van der Waals surface area contributed by atoms with Crippen molar-refractivity contribution in [1.82, 2.24) is 4.98 Å². The second kappa shape index (κ2) is 5.05. The van der Waals surface area contributed by atoms with Crippen LogP contribution < -0.4 is 4.74 Å². The molecule has 0 amide bonds. The first-order chi connectivity index (χ1) is 8.04. The summed E-state index contributed by atoms with van der Waals surface area (Å²) in [6.07, 6.45) is -10.3. The minimum absolute atomic E-state index is 0.392. The summed E-state index contributed by atoms with van der Waals surface area (Å²) in [6, 6.07) is 0.582. The van der Waals surface area contributed by atoms with Gasteiger partial charge in [-0.05, 0) is 22.6 Å². The summed E-state index contributed by atoms with van der Waals surface area (Å²) < 4.78 is 88.7. The molecule has 18 heavy (non-hydrogen) atoms. The van der Waals surface area contributed by atoms with Gasteiger partial charge in [0.25, 0.3) is 0 Å². The van der Waals surface area contributed by atoms with Crippen LogP contribution in [-0.2, 0) is 12.9 Å². The summed E-state index contributed by atoms with van der Waals surface area (Å²) in [5.74, 6) is -1.24. The van der Waals surface area contributed by atoms with Gasteiger partial charge in [0.05, 0.1) is 5.56 Å². The smallest absolute Gasteiger partial charge is 0.405 e. The van der Waals surface area contributed by atoms with Gasteiger partial charge in [0.15, 0.2) is 5.69 Å². The van der Waals surface area contributed by atoms with E-state index >= 15 is 0 Å². The Kier molecular flexibility index (Phi) is 4.28. The van der Waals surface area contributed by atoms with Crippen LogP contribution in [0.15, 0.2) is 6.07 Å². The third-order valence-electron chi connectivity index (χ3n) is 1.68. The van der Waals surface area contributed by atoms with Gasteiger partial charge in [-0.3, -0.25) is 0 Å². The van der Waals surface area contributed by atoms with Crippen LogP contribution in [0.4, 0.5) is 30.7 Å². The van der Waals surface area contributed by atoms with Crippen molar-refractivity contribution in [3.8, 4) is 5.75 Å². The first-order valence-electron chi connectivity index (χ1n) is 4.13. The molecule has 1 heterocycles. The van der Waals surface area contributed by atoms with Crippen molar-refractivity contribution >= 4 is 22.6 Å². The third kappa shape index (κ3) is 3.85. The molecular weight excluding hydrogens is 386 g/mol. The molecule has 1 aromatic rings. The average molecular weight is 389 g/mol. The van der Waals surface area contributed by atoms with Crippen LogP contribution >= 0.6 is 22.6 Å². The van der Waals surface area contributed by atoms with Crippen molar-refractivity contribution in [1.29, 1.82) is 0 Å². The van der Waals surface area contributed by atoms with E-state index in [1.54, 1.807) is 0 Å². The fraction of sp³-hybridized carbons (Fsp3) is 0.375. The minimum Gasteiger partial charge on any atom is -0.405 e. The number of rotatable bonds is 2. The number of nitrogens with zero attached hydrogens (tertiary/aromatic N) is 1. The zero-order valence-electron chi connectivity index (χ0n) is 8.16. The summed E-state index contributed by atoms with van der Waals surface area (Å²) in [5, 5.41) is 0. The Hall–Kier alpha value is -0.810. The Morgan fingerprint density at radius 3 is 2.11 bits per heavy atom. The lowest BCUT2D eigenvalue weighted by atomic mass is 10.2. The normalized spacial score (nSPS) is 12.7. The number of alkyl halides is 7. The lowest BCUT2D eigenvalue weighted by molar-refractivity contribution is -0.275. The SMILES string of the molecule is FCc1c(OC(F)(F)F)cc(I)nc1C(F)(F)F. The van der Waals surface area contributed by atoms with Gasteiger partial charge in [0.1, 0.15) is 16.1 Å². The van der Waals surface area contributed by atoms with Crippen LogP contribution in [-0.4, -0.2) is 11.3 Å². The van der Waals surface area contributed by atoms with E-state index in [-0.39, 0.29) is 0 Å². The van der Waals surface area contributed by atoms with Crippen molar-refractivity contribution in [2.45, 2.75) is 19.2 Å². The Labute approximate surface area is 109 Å². The first-order valence-corrected chi connectivity index (χ1v) is 5.21. The maximum absolute atomic E-state index is 12.5. The zero-order valence-corrected chi connectivity index (χ0v) is 10.3. The van der Waals surface area contributed by atoms with Crippen molar-refractivity contribution < 1.29 is 35.5 Å². The molecule has 0 bridgehead atoms. The zero-order chi connectivity index (χ0) is 14.1. The summed E-state index contributed by atoms with van der Waals surface area (Å²) >= 11 is 1.27. The highest BCUT2D eigenvalue weighted by molar-refractivity contribution is 14.1. The molecule has 10 heteroatoms. The summed E-state index contributed by atoms with van der Waals surface area (Å²) in [6.45, 7) is -1.77. The van der Waals surface area contributed by atoms with Gasteiger partial charge in [-0.25, -0.2) is 9.37 Å². The van der Waals surface area contributed by atoms with E-state index < -0.39 is 39.9 Å². The Bertz CT molecular complexity index is 442. The number of hydrogen-bond donors (Lipinski definition) is 0.